The van der Waals surface area contributed by atoms with Crippen LogP contribution in [0.25, 0.3) is 0 Å². The van der Waals surface area contributed by atoms with E-state index in [2.05, 4.69) is 6.58 Å². The van der Waals surface area contributed by atoms with Gasteiger partial charge in [0.05, 0.1) is 21.1 Å². The number of carbonyl (C=O) groups is 1. The van der Waals surface area contributed by atoms with E-state index in [0.717, 1.165) is 0 Å². The van der Waals surface area contributed by atoms with Crippen LogP contribution < -0.4 is 0 Å². The molecule has 1 N–H and O–H groups in total. The molecule has 70 valence electrons. The van der Waals surface area contributed by atoms with Crippen molar-refractivity contribution in [3.63, 3.8) is 0 Å². The van der Waals surface area contributed by atoms with E-state index in [0.29, 0.717) is 10.9 Å². The zero-order valence-electron chi connectivity index (χ0n) is 8.29. The first-order chi connectivity index (χ1) is 5.25. The van der Waals surface area contributed by atoms with E-state index in [1.54, 1.807) is 13.0 Å². The Morgan fingerprint density at radius 2 is 2.00 bits per heavy atom. The van der Waals surface area contributed by atoms with Gasteiger partial charge in [0.25, 0.3) is 0 Å². The van der Waals surface area contributed by atoms with Crippen molar-refractivity contribution in [1.29, 1.82) is 0 Å². The summed E-state index contributed by atoms with van der Waals surface area (Å²) in [6, 6.07) is 0. The van der Waals surface area contributed by atoms with Crippen LogP contribution in [0.3, 0.4) is 0 Å². The molecule has 0 aliphatic carbocycles. The fraction of sp³-hybridized carbons (Fsp3) is 0.667. The first-order valence-electron chi connectivity index (χ1n) is 3.91. The molecule has 3 nitrogen and oxygen atoms in total. The predicted molar refractivity (Wildman–Crippen MR) is 48.9 cm³/mol. The Kier molecular flexibility index (Phi) is 3.04. The zero-order chi connectivity index (χ0) is 9.99. The quantitative estimate of drug-likeness (QED) is 0.509. The summed E-state index contributed by atoms with van der Waals surface area (Å²) in [5, 5.41) is 9.04. The van der Waals surface area contributed by atoms with Crippen molar-refractivity contribution < 1.29 is 14.4 Å². The largest absolute Gasteiger partial charge is 0.477 e. The highest BCUT2D eigenvalue weighted by Gasteiger charge is 2.44. The molecule has 0 aromatic carbocycles. The lowest BCUT2D eigenvalue weighted by molar-refractivity contribution is -0.911. The molecular formula is C9H18NO2+. The SMILES string of the molecule is C=CCC(C)(C(=O)O)[N+](C)(C)C. The van der Waals surface area contributed by atoms with Gasteiger partial charge in [0.1, 0.15) is 0 Å². The molecule has 0 aliphatic rings. The van der Waals surface area contributed by atoms with Crippen LogP contribution in [0.2, 0.25) is 0 Å². The molecule has 0 saturated heterocycles. The molecule has 0 bridgehead atoms. The van der Waals surface area contributed by atoms with Gasteiger partial charge in [-0.2, -0.15) is 0 Å². The summed E-state index contributed by atoms with van der Waals surface area (Å²) in [6.45, 7) is 5.30. The molecule has 0 saturated carbocycles. The minimum absolute atomic E-state index is 0.397. The number of likely N-dealkylation sites (N-methyl/N-ethyl adjacent to an activating group) is 1. The van der Waals surface area contributed by atoms with Gasteiger partial charge in [-0.05, 0) is 0 Å². The lowest BCUT2D eigenvalue weighted by Gasteiger charge is -2.39. The number of carboxylic acids is 1. The Labute approximate surface area is 73.9 Å². The van der Waals surface area contributed by atoms with Gasteiger partial charge in [0.2, 0.25) is 0 Å². The smallest absolute Gasteiger partial charge is 0.365 e. The van der Waals surface area contributed by atoms with Crippen LogP contribution in [-0.4, -0.2) is 42.2 Å². The third-order valence-electron chi connectivity index (χ3n) is 2.48. The second kappa shape index (κ2) is 3.27. The number of rotatable bonds is 4. The summed E-state index contributed by atoms with van der Waals surface area (Å²) >= 11 is 0. The normalized spacial score (nSPS) is 16.7. The second-order valence-corrected chi connectivity index (χ2v) is 4.08. The van der Waals surface area contributed by atoms with Crippen molar-refractivity contribution in [3.05, 3.63) is 12.7 Å². The van der Waals surface area contributed by atoms with Crippen molar-refractivity contribution in [2.24, 2.45) is 0 Å². The lowest BCUT2D eigenvalue weighted by atomic mass is 9.94. The summed E-state index contributed by atoms with van der Waals surface area (Å²) in [6.07, 6.45) is 2.13. The standard InChI is InChI=1S/C9H17NO2/c1-6-7-9(2,8(11)12)10(3,4)5/h6H,1,7H2,2-5H3/p+1. The highest BCUT2D eigenvalue weighted by molar-refractivity contribution is 5.76. The van der Waals surface area contributed by atoms with E-state index >= 15 is 0 Å². The van der Waals surface area contributed by atoms with E-state index in [1.165, 1.54) is 0 Å². The Morgan fingerprint density at radius 3 is 2.08 bits per heavy atom. The van der Waals surface area contributed by atoms with Crippen molar-refractivity contribution in [3.8, 4) is 0 Å². The maximum atomic E-state index is 11.0. The van der Waals surface area contributed by atoms with Gasteiger partial charge in [-0.3, -0.25) is 0 Å². The van der Waals surface area contributed by atoms with Crippen LogP contribution in [0.5, 0.6) is 0 Å². The van der Waals surface area contributed by atoms with E-state index in [1.807, 2.05) is 21.1 Å². The maximum Gasteiger partial charge on any atom is 0.365 e. The van der Waals surface area contributed by atoms with Crippen LogP contribution in [0.4, 0.5) is 0 Å². The topological polar surface area (TPSA) is 37.3 Å². The second-order valence-electron chi connectivity index (χ2n) is 4.08. The summed E-state index contributed by atoms with van der Waals surface area (Å²) in [7, 11) is 5.62. The minimum atomic E-state index is -0.782. The summed E-state index contributed by atoms with van der Waals surface area (Å²) in [5.74, 6) is -0.782. The Morgan fingerprint density at radius 1 is 1.58 bits per heavy atom. The Bertz CT molecular complexity index is 193. The molecule has 0 heterocycles. The molecule has 0 amide bonds. The first kappa shape index (κ1) is 11.2. The highest BCUT2D eigenvalue weighted by atomic mass is 16.4. The van der Waals surface area contributed by atoms with Gasteiger partial charge in [0, 0.05) is 13.3 Å². The van der Waals surface area contributed by atoms with E-state index in [4.69, 9.17) is 5.11 Å². The first-order valence-corrected chi connectivity index (χ1v) is 3.91. The predicted octanol–water partition coefficient (Wildman–Crippen LogP) is 1.11. The molecule has 0 aromatic heterocycles. The summed E-state index contributed by atoms with van der Waals surface area (Å²) in [5.41, 5.74) is -0.776. The Balaban J connectivity index is 4.86. The average Bonchev–Trinajstić information content (AvgIpc) is 1.85. The highest BCUT2D eigenvalue weighted by Crippen LogP contribution is 2.22. The molecule has 0 rings (SSSR count). The maximum absolute atomic E-state index is 11.0. The van der Waals surface area contributed by atoms with Crippen LogP contribution in [0, 0.1) is 0 Å². The summed E-state index contributed by atoms with van der Waals surface area (Å²) < 4.78 is 0.397. The number of hydrogen-bond acceptors (Lipinski definition) is 1. The average molecular weight is 172 g/mol. The number of carboxylic acid groups (broad SMARTS) is 1. The van der Waals surface area contributed by atoms with Gasteiger partial charge < -0.3 is 9.59 Å². The number of quaternary nitrogens is 1. The van der Waals surface area contributed by atoms with Gasteiger partial charge in [-0.1, -0.05) is 6.08 Å². The lowest BCUT2D eigenvalue weighted by Crippen LogP contribution is -2.59. The van der Waals surface area contributed by atoms with Crippen LogP contribution in [0.15, 0.2) is 12.7 Å². The van der Waals surface area contributed by atoms with Crippen LogP contribution in [-0.2, 0) is 4.79 Å². The van der Waals surface area contributed by atoms with Crippen LogP contribution in [0.1, 0.15) is 13.3 Å². The molecule has 0 aliphatic heterocycles. The fourth-order valence-corrected chi connectivity index (χ4v) is 0.929. The molecule has 0 aromatic rings. The summed E-state index contributed by atoms with van der Waals surface area (Å²) in [4.78, 5) is 11.0. The van der Waals surface area contributed by atoms with Crippen molar-refractivity contribution in [2.45, 2.75) is 18.9 Å². The minimum Gasteiger partial charge on any atom is -0.477 e. The molecule has 1 unspecified atom stereocenters. The van der Waals surface area contributed by atoms with Crippen LogP contribution >= 0.6 is 0 Å². The fourth-order valence-electron chi connectivity index (χ4n) is 0.929. The van der Waals surface area contributed by atoms with Crippen molar-refractivity contribution in [1.82, 2.24) is 0 Å². The van der Waals surface area contributed by atoms with Gasteiger partial charge >= 0.3 is 5.97 Å². The molecule has 3 heteroatoms. The van der Waals surface area contributed by atoms with Crippen molar-refractivity contribution in [2.75, 3.05) is 21.1 Å². The van der Waals surface area contributed by atoms with Crippen molar-refractivity contribution >= 4 is 5.97 Å². The van der Waals surface area contributed by atoms with Gasteiger partial charge in [0.15, 0.2) is 5.54 Å². The molecule has 0 spiro atoms. The van der Waals surface area contributed by atoms with Gasteiger partial charge in [-0.15, -0.1) is 6.58 Å². The monoisotopic (exact) mass is 172 g/mol. The third-order valence-corrected chi connectivity index (χ3v) is 2.48. The number of nitrogens with zero attached hydrogens (tertiary/aromatic N) is 1. The molecule has 0 radical (unpaired) electrons. The molecule has 1 atom stereocenters. The number of aliphatic carboxylic acids is 1. The van der Waals surface area contributed by atoms with E-state index in [-0.39, 0.29) is 0 Å². The van der Waals surface area contributed by atoms with E-state index < -0.39 is 11.5 Å². The zero-order valence-corrected chi connectivity index (χ0v) is 8.29. The Hall–Kier alpha value is -0.830. The molecular weight excluding hydrogens is 154 g/mol. The third kappa shape index (κ3) is 1.85. The van der Waals surface area contributed by atoms with Gasteiger partial charge in [-0.25, -0.2) is 4.79 Å². The number of hydrogen-bond donors (Lipinski definition) is 1. The van der Waals surface area contributed by atoms with E-state index in [9.17, 15) is 4.79 Å². The molecule has 12 heavy (non-hydrogen) atoms. The molecule has 0 fully saturated rings.